The number of hydrogen-bond donors (Lipinski definition) is 2. The maximum absolute atomic E-state index is 12.8. The molecular formula is C22H28N4O2. The molecule has 0 radical (unpaired) electrons. The summed E-state index contributed by atoms with van der Waals surface area (Å²) in [7, 11) is 1.69. The SMILES string of the molecule is Cc1cccc(C)c1CNc1cc(C(=O)N(C)CCO)cn2c(C)c(C)nc12. The topological polar surface area (TPSA) is 69.9 Å². The molecule has 2 heterocycles. The molecule has 6 nitrogen and oxygen atoms in total. The molecule has 1 aromatic carbocycles. The molecule has 2 N–H and O–H groups in total. The van der Waals surface area contributed by atoms with Crippen LogP contribution in [0.15, 0.2) is 30.5 Å². The van der Waals surface area contributed by atoms with E-state index in [0.717, 1.165) is 22.7 Å². The number of carbonyl (C=O) groups is 1. The van der Waals surface area contributed by atoms with Gasteiger partial charge in [-0.05, 0) is 50.5 Å². The molecule has 28 heavy (non-hydrogen) atoms. The van der Waals surface area contributed by atoms with Gasteiger partial charge in [0.1, 0.15) is 0 Å². The average molecular weight is 380 g/mol. The van der Waals surface area contributed by atoms with Crippen LogP contribution >= 0.6 is 0 Å². The minimum Gasteiger partial charge on any atom is -0.395 e. The van der Waals surface area contributed by atoms with Crippen LogP contribution in [0.4, 0.5) is 5.69 Å². The number of pyridine rings is 1. The van der Waals surface area contributed by atoms with Crippen molar-refractivity contribution in [1.29, 1.82) is 0 Å². The molecule has 2 aromatic heterocycles. The second-order valence-corrected chi connectivity index (χ2v) is 7.29. The number of carbonyl (C=O) groups excluding carboxylic acids is 1. The van der Waals surface area contributed by atoms with Crippen LogP contribution in [0.3, 0.4) is 0 Å². The third-order valence-electron chi connectivity index (χ3n) is 5.32. The van der Waals surface area contributed by atoms with Crippen LogP contribution < -0.4 is 5.32 Å². The maximum Gasteiger partial charge on any atom is 0.255 e. The normalized spacial score (nSPS) is 11.1. The number of anilines is 1. The third-order valence-corrected chi connectivity index (χ3v) is 5.32. The number of nitrogens with one attached hydrogen (secondary N) is 1. The fourth-order valence-corrected chi connectivity index (χ4v) is 3.40. The van der Waals surface area contributed by atoms with Crippen LogP contribution in [-0.2, 0) is 6.54 Å². The van der Waals surface area contributed by atoms with Gasteiger partial charge in [-0.2, -0.15) is 0 Å². The highest BCUT2D eigenvalue weighted by molar-refractivity contribution is 5.96. The van der Waals surface area contributed by atoms with Crippen LogP contribution in [0.5, 0.6) is 0 Å². The first-order valence-corrected chi connectivity index (χ1v) is 9.48. The monoisotopic (exact) mass is 380 g/mol. The molecule has 0 aliphatic carbocycles. The molecule has 0 aliphatic rings. The third kappa shape index (κ3) is 3.73. The molecule has 0 saturated carbocycles. The molecule has 0 spiro atoms. The van der Waals surface area contributed by atoms with E-state index in [1.165, 1.54) is 21.6 Å². The lowest BCUT2D eigenvalue weighted by atomic mass is 10.0. The van der Waals surface area contributed by atoms with Gasteiger partial charge in [-0.3, -0.25) is 4.79 Å². The van der Waals surface area contributed by atoms with Gasteiger partial charge in [-0.25, -0.2) is 4.98 Å². The molecule has 3 aromatic rings. The Labute approximate surface area is 165 Å². The van der Waals surface area contributed by atoms with Crippen molar-refractivity contribution in [1.82, 2.24) is 14.3 Å². The van der Waals surface area contributed by atoms with Crippen LogP contribution in [-0.4, -0.2) is 45.5 Å². The molecule has 0 atom stereocenters. The Bertz CT molecular complexity index is 1000. The second kappa shape index (κ2) is 8.02. The van der Waals surface area contributed by atoms with E-state index in [4.69, 9.17) is 5.11 Å². The summed E-state index contributed by atoms with van der Waals surface area (Å²) in [4.78, 5) is 19.0. The molecule has 0 bridgehead atoms. The Kier molecular flexibility index (Phi) is 5.70. The number of amides is 1. The quantitative estimate of drug-likeness (QED) is 0.689. The van der Waals surface area contributed by atoms with Crippen molar-refractivity contribution in [2.24, 2.45) is 0 Å². The molecule has 1 amide bonds. The van der Waals surface area contributed by atoms with Crippen molar-refractivity contribution in [3.05, 3.63) is 64.1 Å². The molecular weight excluding hydrogens is 352 g/mol. The van der Waals surface area contributed by atoms with Crippen LogP contribution in [0.2, 0.25) is 0 Å². The minimum absolute atomic E-state index is 0.0641. The van der Waals surface area contributed by atoms with E-state index in [2.05, 4.69) is 42.3 Å². The molecule has 0 unspecified atom stereocenters. The van der Waals surface area contributed by atoms with E-state index in [-0.39, 0.29) is 12.5 Å². The Morgan fingerprint density at radius 2 is 1.89 bits per heavy atom. The summed E-state index contributed by atoms with van der Waals surface area (Å²) in [6.45, 7) is 9.06. The fourth-order valence-electron chi connectivity index (χ4n) is 3.40. The number of aromatic nitrogens is 2. The molecule has 3 rings (SSSR count). The first-order chi connectivity index (χ1) is 13.3. The van der Waals surface area contributed by atoms with Gasteiger partial charge in [-0.15, -0.1) is 0 Å². The van der Waals surface area contributed by atoms with Crippen LogP contribution in [0.25, 0.3) is 5.65 Å². The lowest BCUT2D eigenvalue weighted by Gasteiger charge is -2.18. The Hall–Kier alpha value is -2.86. The molecule has 0 fully saturated rings. The lowest BCUT2D eigenvalue weighted by Crippen LogP contribution is -2.29. The number of aliphatic hydroxyl groups excluding tert-OH is 1. The summed E-state index contributed by atoms with van der Waals surface area (Å²) in [5.41, 5.74) is 7.84. The fraction of sp³-hybridized carbons (Fsp3) is 0.364. The standard InChI is InChI=1S/C22H28N4O2/c1-14-7-6-8-15(2)19(14)12-23-20-11-18(22(28)25(5)9-10-27)13-26-17(4)16(3)24-21(20)26/h6-8,11,13,23,27H,9-10,12H2,1-5H3. The molecule has 148 valence electrons. The Morgan fingerprint density at radius 3 is 2.54 bits per heavy atom. The van der Waals surface area contributed by atoms with E-state index < -0.39 is 0 Å². The first kappa shape index (κ1) is 19.9. The van der Waals surface area contributed by atoms with Crippen molar-refractivity contribution in [3.8, 4) is 0 Å². The van der Waals surface area contributed by atoms with Gasteiger partial charge in [-0.1, -0.05) is 18.2 Å². The van der Waals surface area contributed by atoms with Gasteiger partial charge in [0, 0.05) is 32.0 Å². The minimum atomic E-state index is -0.128. The zero-order valence-electron chi connectivity index (χ0n) is 17.2. The van der Waals surface area contributed by atoms with Gasteiger partial charge in [0.2, 0.25) is 0 Å². The number of likely N-dealkylation sites (N-methyl/N-ethyl adjacent to an activating group) is 1. The predicted molar refractivity (Wildman–Crippen MR) is 112 cm³/mol. The lowest BCUT2D eigenvalue weighted by molar-refractivity contribution is 0.0766. The summed E-state index contributed by atoms with van der Waals surface area (Å²) in [5.74, 6) is -0.128. The van der Waals surface area contributed by atoms with Crippen LogP contribution in [0.1, 0.15) is 38.4 Å². The van der Waals surface area contributed by atoms with Crippen molar-refractivity contribution in [3.63, 3.8) is 0 Å². The zero-order chi connectivity index (χ0) is 20.4. The number of imidazole rings is 1. The highest BCUT2D eigenvalue weighted by Crippen LogP contribution is 2.24. The number of aryl methyl sites for hydroxylation is 4. The number of aliphatic hydroxyl groups is 1. The predicted octanol–water partition coefficient (Wildman–Crippen LogP) is 3.24. The maximum atomic E-state index is 12.8. The zero-order valence-corrected chi connectivity index (χ0v) is 17.2. The Balaban J connectivity index is 2.02. The summed E-state index contributed by atoms with van der Waals surface area (Å²) >= 11 is 0. The highest BCUT2D eigenvalue weighted by atomic mass is 16.3. The molecule has 0 aliphatic heterocycles. The van der Waals surface area contributed by atoms with E-state index in [1.54, 1.807) is 7.05 Å². The summed E-state index contributed by atoms with van der Waals surface area (Å²) < 4.78 is 1.96. The summed E-state index contributed by atoms with van der Waals surface area (Å²) in [6.07, 6.45) is 1.82. The number of rotatable bonds is 6. The molecule has 6 heteroatoms. The number of hydrogen-bond acceptors (Lipinski definition) is 4. The van der Waals surface area contributed by atoms with Crippen molar-refractivity contribution >= 4 is 17.2 Å². The van der Waals surface area contributed by atoms with E-state index in [1.807, 2.05) is 30.5 Å². The van der Waals surface area contributed by atoms with Gasteiger partial charge in [0.25, 0.3) is 5.91 Å². The number of fused-ring (bicyclic) bond motifs is 1. The summed E-state index contributed by atoms with van der Waals surface area (Å²) in [5, 5.41) is 12.6. The van der Waals surface area contributed by atoms with Gasteiger partial charge < -0.3 is 19.7 Å². The number of nitrogens with zero attached hydrogens (tertiary/aromatic N) is 3. The van der Waals surface area contributed by atoms with Gasteiger partial charge >= 0.3 is 0 Å². The van der Waals surface area contributed by atoms with E-state index >= 15 is 0 Å². The van der Waals surface area contributed by atoms with Crippen LogP contribution in [0, 0.1) is 27.7 Å². The number of benzene rings is 1. The average Bonchev–Trinajstić information content (AvgIpc) is 2.95. The highest BCUT2D eigenvalue weighted by Gasteiger charge is 2.17. The Morgan fingerprint density at radius 1 is 1.21 bits per heavy atom. The van der Waals surface area contributed by atoms with Crippen molar-refractivity contribution in [2.45, 2.75) is 34.2 Å². The van der Waals surface area contributed by atoms with Gasteiger partial charge in [0.15, 0.2) is 5.65 Å². The first-order valence-electron chi connectivity index (χ1n) is 9.48. The van der Waals surface area contributed by atoms with Gasteiger partial charge in [0.05, 0.1) is 23.6 Å². The van der Waals surface area contributed by atoms with Crippen molar-refractivity contribution < 1.29 is 9.90 Å². The van der Waals surface area contributed by atoms with E-state index in [9.17, 15) is 4.79 Å². The van der Waals surface area contributed by atoms with E-state index in [0.29, 0.717) is 18.7 Å². The molecule has 0 saturated heterocycles. The van der Waals surface area contributed by atoms with Crippen molar-refractivity contribution in [2.75, 3.05) is 25.5 Å². The smallest absolute Gasteiger partial charge is 0.255 e. The second-order valence-electron chi connectivity index (χ2n) is 7.29. The summed E-state index contributed by atoms with van der Waals surface area (Å²) in [6, 6.07) is 8.12. The largest absolute Gasteiger partial charge is 0.395 e.